The Morgan fingerprint density at radius 2 is 1.78 bits per heavy atom. The molecule has 0 aliphatic carbocycles. The summed E-state index contributed by atoms with van der Waals surface area (Å²) in [4.78, 5) is 32.8. The molecule has 0 unspecified atom stereocenters. The number of hydrogen-bond donors (Lipinski definition) is 0. The first kappa shape index (κ1) is 30.7. The van der Waals surface area contributed by atoms with Gasteiger partial charge in [-0.3, -0.25) is 9.36 Å². The van der Waals surface area contributed by atoms with E-state index in [1.807, 2.05) is 72.8 Å². The Morgan fingerprint density at radius 3 is 2.47 bits per heavy atom. The van der Waals surface area contributed by atoms with E-state index in [1.54, 1.807) is 25.1 Å². The number of aromatic nitrogens is 1. The average molecular weight is 704 g/mol. The lowest BCUT2D eigenvalue weighted by atomic mass is 9.93. The van der Waals surface area contributed by atoms with Gasteiger partial charge in [0.05, 0.1) is 32.9 Å². The second-order valence-corrected chi connectivity index (χ2v) is 12.4. The SMILES string of the molecule is CCOC(=O)C1=C(c2ccccc2)N=c2s/c(=C\c3ccc(OCc4ccc(Cl)cc4)c(Br)c3)c(=O)n2[C@H]1c1ccc(F)cc1. The quantitative estimate of drug-likeness (QED) is 0.162. The second-order valence-electron chi connectivity index (χ2n) is 10.1. The van der Waals surface area contributed by atoms with Crippen molar-refractivity contribution in [2.45, 2.75) is 19.6 Å². The topological polar surface area (TPSA) is 69.9 Å². The first-order chi connectivity index (χ1) is 21.8. The Hall–Kier alpha value is -4.31. The summed E-state index contributed by atoms with van der Waals surface area (Å²) in [7, 11) is 0. The zero-order valence-corrected chi connectivity index (χ0v) is 27.0. The maximum absolute atomic E-state index is 14.1. The Bertz CT molecular complexity index is 2090. The van der Waals surface area contributed by atoms with Crippen LogP contribution in [0, 0.1) is 5.82 Å². The van der Waals surface area contributed by atoms with Gasteiger partial charge < -0.3 is 9.47 Å². The molecule has 2 heterocycles. The first-order valence-corrected chi connectivity index (χ1v) is 16.0. The van der Waals surface area contributed by atoms with Gasteiger partial charge in [0, 0.05) is 10.6 Å². The summed E-state index contributed by atoms with van der Waals surface area (Å²) in [6, 6.07) is 27.1. The molecule has 0 radical (unpaired) electrons. The molecule has 0 bridgehead atoms. The second kappa shape index (κ2) is 13.4. The maximum Gasteiger partial charge on any atom is 0.338 e. The number of carbonyl (C=O) groups excluding carboxylic acids is 1. The van der Waals surface area contributed by atoms with Crippen LogP contribution >= 0.6 is 38.9 Å². The van der Waals surface area contributed by atoms with Gasteiger partial charge in [-0.2, -0.15) is 0 Å². The lowest BCUT2D eigenvalue weighted by Gasteiger charge is -2.25. The molecule has 5 aromatic rings. The highest BCUT2D eigenvalue weighted by molar-refractivity contribution is 9.10. The molecule has 0 fully saturated rings. The molecule has 45 heavy (non-hydrogen) atoms. The number of rotatable bonds is 8. The third-order valence-corrected chi connectivity index (χ3v) is 8.98. The number of halogens is 3. The molecule has 0 spiro atoms. The van der Waals surface area contributed by atoms with E-state index in [2.05, 4.69) is 15.9 Å². The lowest BCUT2D eigenvalue weighted by molar-refractivity contribution is -0.138. The van der Waals surface area contributed by atoms with E-state index in [-0.39, 0.29) is 17.7 Å². The molecular formula is C35H25BrClFN2O4S. The van der Waals surface area contributed by atoms with E-state index < -0.39 is 17.8 Å². The van der Waals surface area contributed by atoms with Crippen molar-refractivity contribution in [3.63, 3.8) is 0 Å². The van der Waals surface area contributed by atoms with Gasteiger partial charge in [-0.15, -0.1) is 0 Å². The van der Waals surface area contributed by atoms with Gasteiger partial charge in [0.2, 0.25) is 0 Å². The summed E-state index contributed by atoms with van der Waals surface area (Å²) in [5.74, 6) is -0.379. The minimum Gasteiger partial charge on any atom is -0.488 e. The van der Waals surface area contributed by atoms with Crippen LogP contribution in [0.15, 0.2) is 117 Å². The molecule has 0 saturated carbocycles. The molecule has 4 aromatic carbocycles. The third kappa shape index (κ3) is 6.56. The van der Waals surface area contributed by atoms with Crippen molar-refractivity contribution in [2.24, 2.45) is 4.99 Å². The van der Waals surface area contributed by atoms with Gasteiger partial charge in [-0.05, 0) is 82.0 Å². The molecule has 0 amide bonds. The molecular weight excluding hydrogens is 679 g/mol. The monoisotopic (exact) mass is 702 g/mol. The largest absolute Gasteiger partial charge is 0.488 e. The number of benzene rings is 4. The fourth-order valence-corrected chi connectivity index (χ4v) is 6.66. The van der Waals surface area contributed by atoms with Gasteiger partial charge >= 0.3 is 5.97 Å². The number of nitrogens with zero attached hydrogens (tertiary/aromatic N) is 2. The van der Waals surface area contributed by atoms with Crippen molar-refractivity contribution in [1.29, 1.82) is 0 Å². The molecule has 1 atom stereocenters. The number of thiazole rings is 1. The predicted octanol–water partition coefficient (Wildman–Crippen LogP) is 7.07. The van der Waals surface area contributed by atoms with Crippen LogP contribution in [0.3, 0.4) is 0 Å². The normalized spacial score (nSPS) is 14.6. The van der Waals surface area contributed by atoms with E-state index >= 15 is 0 Å². The van der Waals surface area contributed by atoms with Crippen LogP contribution in [0.25, 0.3) is 11.8 Å². The van der Waals surface area contributed by atoms with Crippen molar-refractivity contribution in [2.75, 3.05) is 6.61 Å². The first-order valence-electron chi connectivity index (χ1n) is 14.0. The van der Waals surface area contributed by atoms with Gasteiger partial charge in [0.1, 0.15) is 18.2 Å². The summed E-state index contributed by atoms with van der Waals surface area (Å²) in [5, 5.41) is 0.659. The fraction of sp³-hybridized carbons (Fsp3) is 0.114. The summed E-state index contributed by atoms with van der Waals surface area (Å²) >= 11 is 10.8. The Labute approximate surface area is 275 Å². The van der Waals surface area contributed by atoms with E-state index in [4.69, 9.17) is 26.1 Å². The number of fused-ring (bicyclic) bond motifs is 1. The van der Waals surface area contributed by atoms with Crippen LogP contribution < -0.4 is 19.6 Å². The fourth-order valence-electron chi connectivity index (χ4n) is 5.02. The van der Waals surface area contributed by atoms with E-state index in [9.17, 15) is 14.0 Å². The number of hydrogen-bond acceptors (Lipinski definition) is 6. The summed E-state index contributed by atoms with van der Waals surface area (Å²) in [6.45, 7) is 2.22. The van der Waals surface area contributed by atoms with Crippen LogP contribution in [0.1, 0.15) is 35.2 Å². The molecule has 0 N–H and O–H groups in total. The third-order valence-electron chi connectivity index (χ3n) is 7.12. The Morgan fingerprint density at radius 1 is 1.04 bits per heavy atom. The van der Waals surface area contributed by atoms with Crippen molar-refractivity contribution in [3.05, 3.63) is 160 Å². The molecule has 0 saturated heterocycles. The maximum atomic E-state index is 14.1. The van der Waals surface area contributed by atoms with Gasteiger partial charge in [0.15, 0.2) is 4.80 Å². The van der Waals surface area contributed by atoms with Crippen molar-refractivity contribution in [3.8, 4) is 5.75 Å². The lowest BCUT2D eigenvalue weighted by Crippen LogP contribution is -2.40. The Kier molecular flexibility index (Phi) is 9.11. The summed E-state index contributed by atoms with van der Waals surface area (Å²) in [6.07, 6.45) is 1.77. The van der Waals surface area contributed by atoms with Crippen LogP contribution in [0.5, 0.6) is 5.75 Å². The van der Waals surface area contributed by atoms with E-state index in [0.717, 1.165) is 15.6 Å². The van der Waals surface area contributed by atoms with E-state index in [0.29, 0.717) is 43.5 Å². The Balaban J connectivity index is 1.45. The zero-order chi connectivity index (χ0) is 31.5. The van der Waals surface area contributed by atoms with Crippen molar-refractivity contribution >= 4 is 56.6 Å². The predicted molar refractivity (Wildman–Crippen MR) is 177 cm³/mol. The highest BCUT2D eigenvalue weighted by atomic mass is 79.9. The number of carbonyl (C=O) groups is 1. The van der Waals surface area contributed by atoms with Crippen molar-refractivity contribution in [1.82, 2.24) is 4.57 Å². The highest BCUT2D eigenvalue weighted by Crippen LogP contribution is 2.35. The standard InChI is InChI=1S/C35H25BrClFN2O4S/c1-2-43-34(42)30-31(23-6-4-3-5-7-23)39-35-40(32(30)24-11-15-26(38)16-12-24)33(41)29(45-35)19-22-10-17-28(27(36)18-22)44-20-21-8-13-25(37)14-9-21/h3-19,32H,2,20H2,1H3/b29-19-/t32-/m0/s1. The molecule has 10 heteroatoms. The van der Waals surface area contributed by atoms with Gasteiger partial charge in [-0.1, -0.05) is 83.6 Å². The smallest absolute Gasteiger partial charge is 0.338 e. The highest BCUT2D eigenvalue weighted by Gasteiger charge is 2.35. The molecule has 1 aliphatic heterocycles. The molecule has 1 aromatic heterocycles. The minimum absolute atomic E-state index is 0.138. The molecule has 6 nitrogen and oxygen atoms in total. The zero-order valence-electron chi connectivity index (χ0n) is 23.9. The molecule has 1 aliphatic rings. The van der Waals surface area contributed by atoms with Crippen LogP contribution in [0.4, 0.5) is 4.39 Å². The van der Waals surface area contributed by atoms with Gasteiger partial charge in [-0.25, -0.2) is 14.2 Å². The van der Waals surface area contributed by atoms with Gasteiger partial charge in [0.25, 0.3) is 5.56 Å². The molecule has 226 valence electrons. The minimum atomic E-state index is -0.881. The average Bonchev–Trinajstić information content (AvgIpc) is 3.35. The van der Waals surface area contributed by atoms with E-state index in [1.165, 1.54) is 28.0 Å². The van der Waals surface area contributed by atoms with Crippen LogP contribution in [0.2, 0.25) is 5.02 Å². The van der Waals surface area contributed by atoms with Crippen LogP contribution in [-0.4, -0.2) is 17.1 Å². The van der Waals surface area contributed by atoms with Crippen molar-refractivity contribution < 1.29 is 18.7 Å². The number of ether oxygens (including phenoxy) is 2. The summed E-state index contributed by atoms with van der Waals surface area (Å²) < 4.78 is 28.1. The summed E-state index contributed by atoms with van der Waals surface area (Å²) in [5.41, 5.74) is 3.27. The molecule has 6 rings (SSSR count). The van der Waals surface area contributed by atoms with Crippen LogP contribution in [-0.2, 0) is 16.1 Å². The number of esters is 1.